The average molecular weight is 498 g/mol. The largest absolute Gasteiger partial charge is 0.357 e. The molecule has 1 aromatic carbocycles. The first-order valence-corrected chi connectivity index (χ1v) is 10.1. The number of carbonyl (C=O) groups excluding carboxylic acids is 1. The van der Waals surface area contributed by atoms with E-state index in [0.29, 0.717) is 13.1 Å². The quantitative estimate of drug-likeness (QED) is 0.302. The zero-order valence-corrected chi connectivity index (χ0v) is 18.7. The number of nitrogens with zero attached hydrogens (tertiary/aromatic N) is 1. The summed E-state index contributed by atoms with van der Waals surface area (Å²) in [5.41, 5.74) is 3.19. The summed E-state index contributed by atoms with van der Waals surface area (Å²) in [7, 11) is 0. The van der Waals surface area contributed by atoms with E-state index >= 15 is 0 Å². The molecule has 1 aliphatic carbocycles. The molecule has 2 aromatic rings. The minimum Gasteiger partial charge on any atom is -0.357 e. The van der Waals surface area contributed by atoms with E-state index in [4.69, 9.17) is 0 Å². The Hall–Kier alpha value is -1.61. The van der Waals surface area contributed by atoms with Crippen LogP contribution in [0.15, 0.2) is 46.1 Å². The molecule has 0 spiro atoms. The molecule has 1 aromatic heterocycles. The van der Waals surface area contributed by atoms with Gasteiger partial charge < -0.3 is 16.0 Å². The molecule has 0 unspecified atom stereocenters. The van der Waals surface area contributed by atoms with E-state index in [2.05, 4.69) is 50.8 Å². The Morgan fingerprint density at radius 3 is 2.74 bits per heavy atom. The van der Waals surface area contributed by atoms with E-state index in [9.17, 15) is 4.79 Å². The zero-order valence-electron chi connectivity index (χ0n) is 15.5. The van der Waals surface area contributed by atoms with Gasteiger partial charge >= 0.3 is 0 Å². The summed E-state index contributed by atoms with van der Waals surface area (Å²) >= 11 is 1.68. The fraction of sp³-hybridized carbons (Fsp3) is 0.400. The molecule has 7 heteroatoms. The molecule has 1 heterocycles. The zero-order chi connectivity index (χ0) is 18.2. The number of nitrogens with one attached hydrogen (secondary N) is 3. The molecule has 1 amide bonds. The van der Waals surface area contributed by atoms with Gasteiger partial charge in [0.25, 0.3) is 0 Å². The molecular weight excluding hydrogens is 471 g/mol. The van der Waals surface area contributed by atoms with Crippen LogP contribution in [0.3, 0.4) is 0 Å². The summed E-state index contributed by atoms with van der Waals surface area (Å²) in [6.07, 6.45) is 3.19. The van der Waals surface area contributed by atoms with E-state index in [1.54, 1.807) is 11.3 Å². The van der Waals surface area contributed by atoms with Crippen LogP contribution in [0.5, 0.6) is 0 Å². The average Bonchev–Trinajstić information content (AvgIpc) is 3.09. The standard InChI is InChI=1S/C20H26N4OS.HI/c1-2-21-20(23-13-16-9-10-26-14-16)22-12-15-5-3-8-18(11-15)24-19(25)17-6-4-7-17;/h3,5,8-11,14,17H,2,4,6-7,12-13H2,1H3,(H,24,25)(H2,21,22,23);1H. The van der Waals surface area contributed by atoms with Gasteiger partial charge in [0.2, 0.25) is 5.91 Å². The summed E-state index contributed by atoms with van der Waals surface area (Å²) in [4.78, 5) is 16.7. The summed E-state index contributed by atoms with van der Waals surface area (Å²) in [5, 5.41) is 13.8. The molecule has 0 bridgehead atoms. The maximum atomic E-state index is 12.1. The number of rotatable bonds is 7. The summed E-state index contributed by atoms with van der Waals surface area (Å²) < 4.78 is 0. The number of hydrogen-bond donors (Lipinski definition) is 3. The Morgan fingerprint density at radius 2 is 2.07 bits per heavy atom. The third kappa shape index (κ3) is 6.80. The van der Waals surface area contributed by atoms with Gasteiger partial charge in [0.1, 0.15) is 0 Å². The fourth-order valence-corrected chi connectivity index (χ4v) is 3.41. The molecule has 1 aliphatic rings. The highest BCUT2D eigenvalue weighted by Crippen LogP contribution is 2.27. The maximum Gasteiger partial charge on any atom is 0.227 e. The van der Waals surface area contributed by atoms with Gasteiger partial charge in [-0.25, -0.2) is 4.99 Å². The normalized spacial score (nSPS) is 14.0. The van der Waals surface area contributed by atoms with Crippen molar-refractivity contribution in [3.8, 4) is 0 Å². The molecule has 0 saturated heterocycles. The number of anilines is 1. The highest BCUT2D eigenvalue weighted by Gasteiger charge is 2.25. The summed E-state index contributed by atoms with van der Waals surface area (Å²) in [6, 6.07) is 10.1. The lowest BCUT2D eigenvalue weighted by molar-refractivity contribution is -0.122. The van der Waals surface area contributed by atoms with Crippen molar-refractivity contribution >= 4 is 52.9 Å². The Labute approximate surface area is 182 Å². The van der Waals surface area contributed by atoms with Crippen molar-refractivity contribution in [1.29, 1.82) is 0 Å². The van der Waals surface area contributed by atoms with Crippen molar-refractivity contribution in [2.24, 2.45) is 10.9 Å². The molecule has 5 nitrogen and oxygen atoms in total. The second-order valence-electron chi connectivity index (χ2n) is 6.50. The monoisotopic (exact) mass is 498 g/mol. The van der Waals surface area contributed by atoms with Gasteiger partial charge in [-0.15, -0.1) is 24.0 Å². The van der Waals surface area contributed by atoms with Crippen molar-refractivity contribution < 1.29 is 4.79 Å². The van der Waals surface area contributed by atoms with Gasteiger partial charge in [-0.05, 0) is 59.9 Å². The second kappa shape index (κ2) is 11.3. The number of guanidine groups is 1. The lowest BCUT2D eigenvalue weighted by Crippen LogP contribution is -2.36. The van der Waals surface area contributed by atoms with E-state index in [1.807, 2.05) is 18.2 Å². The minimum absolute atomic E-state index is 0. The first-order valence-electron chi connectivity index (χ1n) is 9.17. The first-order chi connectivity index (χ1) is 12.7. The molecule has 3 N–H and O–H groups in total. The number of benzene rings is 1. The Bertz CT molecular complexity index is 744. The van der Waals surface area contributed by atoms with Gasteiger partial charge in [0, 0.05) is 24.7 Å². The molecule has 3 rings (SSSR count). The van der Waals surface area contributed by atoms with E-state index in [-0.39, 0.29) is 35.8 Å². The SMILES string of the molecule is CCNC(=NCc1ccsc1)NCc1cccc(NC(=O)C2CCC2)c1.I. The molecule has 1 fully saturated rings. The smallest absolute Gasteiger partial charge is 0.227 e. The van der Waals surface area contributed by atoms with Crippen LogP contribution in [0.4, 0.5) is 5.69 Å². The summed E-state index contributed by atoms with van der Waals surface area (Å²) in [6.45, 7) is 4.18. The van der Waals surface area contributed by atoms with Crippen LogP contribution in [-0.4, -0.2) is 18.4 Å². The third-order valence-electron chi connectivity index (χ3n) is 4.47. The highest BCUT2D eigenvalue weighted by molar-refractivity contribution is 14.0. The number of amides is 1. The number of halogens is 1. The van der Waals surface area contributed by atoms with E-state index in [1.165, 1.54) is 12.0 Å². The van der Waals surface area contributed by atoms with Crippen LogP contribution in [0.1, 0.15) is 37.3 Å². The van der Waals surface area contributed by atoms with Crippen LogP contribution >= 0.6 is 35.3 Å². The van der Waals surface area contributed by atoms with Crippen LogP contribution in [0.25, 0.3) is 0 Å². The lowest BCUT2D eigenvalue weighted by Gasteiger charge is -2.24. The molecule has 0 radical (unpaired) electrons. The molecular formula is C20H27IN4OS. The van der Waals surface area contributed by atoms with E-state index < -0.39 is 0 Å². The number of hydrogen-bond acceptors (Lipinski definition) is 3. The van der Waals surface area contributed by atoms with Crippen molar-refractivity contribution in [3.05, 3.63) is 52.2 Å². The van der Waals surface area contributed by atoms with Crippen molar-refractivity contribution in [2.45, 2.75) is 39.3 Å². The van der Waals surface area contributed by atoms with E-state index in [0.717, 1.165) is 36.6 Å². The van der Waals surface area contributed by atoms with Crippen molar-refractivity contribution in [1.82, 2.24) is 10.6 Å². The number of thiophene rings is 1. The molecule has 27 heavy (non-hydrogen) atoms. The van der Waals surface area contributed by atoms with Crippen molar-refractivity contribution in [2.75, 3.05) is 11.9 Å². The van der Waals surface area contributed by atoms with Crippen LogP contribution in [-0.2, 0) is 17.9 Å². The molecule has 0 atom stereocenters. The Balaban J connectivity index is 0.00000261. The Kier molecular flexibility index (Phi) is 9.06. The van der Waals surface area contributed by atoms with Gasteiger partial charge in [0.15, 0.2) is 5.96 Å². The van der Waals surface area contributed by atoms with Gasteiger partial charge in [-0.1, -0.05) is 18.6 Å². The highest BCUT2D eigenvalue weighted by atomic mass is 127. The fourth-order valence-electron chi connectivity index (χ4n) is 2.75. The lowest BCUT2D eigenvalue weighted by atomic mass is 9.85. The topological polar surface area (TPSA) is 65.5 Å². The number of carbonyl (C=O) groups is 1. The molecule has 1 saturated carbocycles. The third-order valence-corrected chi connectivity index (χ3v) is 5.21. The molecule has 146 valence electrons. The van der Waals surface area contributed by atoms with Gasteiger partial charge in [-0.2, -0.15) is 11.3 Å². The number of aliphatic imine (C=N–C) groups is 1. The van der Waals surface area contributed by atoms with Crippen molar-refractivity contribution in [3.63, 3.8) is 0 Å². The maximum absolute atomic E-state index is 12.1. The molecule has 0 aliphatic heterocycles. The first kappa shape index (κ1) is 21.7. The van der Waals surface area contributed by atoms with Gasteiger partial charge in [0.05, 0.1) is 6.54 Å². The second-order valence-corrected chi connectivity index (χ2v) is 7.28. The predicted octanol–water partition coefficient (Wildman–Crippen LogP) is 4.36. The van der Waals surface area contributed by atoms with Gasteiger partial charge in [-0.3, -0.25) is 4.79 Å². The Morgan fingerprint density at radius 1 is 1.22 bits per heavy atom. The minimum atomic E-state index is 0. The predicted molar refractivity (Wildman–Crippen MR) is 124 cm³/mol. The summed E-state index contributed by atoms with van der Waals surface area (Å²) in [5.74, 6) is 1.14. The van der Waals surface area contributed by atoms with Crippen LogP contribution in [0, 0.1) is 5.92 Å². The van der Waals surface area contributed by atoms with Crippen LogP contribution in [0.2, 0.25) is 0 Å². The van der Waals surface area contributed by atoms with Crippen LogP contribution < -0.4 is 16.0 Å².